The molecule has 1 amide bonds. The molecule has 0 aliphatic heterocycles. The van der Waals surface area contributed by atoms with E-state index in [4.69, 9.17) is 10.5 Å². The number of hydrogen-bond donors (Lipinski definition) is 2. The van der Waals surface area contributed by atoms with Crippen molar-refractivity contribution in [1.82, 2.24) is 5.32 Å². The molecule has 21 heavy (non-hydrogen) atoms. The van der Waals surface area contributed by atoms with Gasteiger partial charge in [-0.3, -0.25) is 4.99 Å². The summed E-state index contributed by atoms with van der Waals surface area (Å²) in [5.74, 6) is 1.10. The van der Waals surface area contributed by atoms with Crippen LogP contribution in [0.5, 0.6) is 0 Å². The summed E-state index contributed by atoms with van der Waals surface area (Å²) in [4.78, 5) is 16.0. The molecular formula is C16H27N3O2. The van der Waals surface area contributed by atoms with Gasteiger partial charge in [-0.15, -0.1) is 0 Å². The van der Waals surface area contributed by atoms with Crippen molar-refractivity contribution in [2.45, 2.75) is 58.1 Å². The number of allylic oxidation sites excluding steroid dienone is 2. The maximum atomic E-state index is 11.5. The van der Waals surface area contributed by atoms with Gasteiger partial charge in [-0.05, 0) is 64.4 Å². The number of ether oxygens (including phenoxy) is 1. The van der Waals surface area contributed by atoms with Gasteiger partial charge >= 0.3 is 6.09 Å². The van der Waals surface area contributed by atoms with Gasteiger partial charge < -0.3 is 15.8 Å². The lowest BCUT2D eigenvalue weighted by Gasteiger charge is -2.32. The topological polar surface area (TPSA) is 76.7 Å². The van der Waals surface area contributed by atoms with Crippen molar-refractivity contribution in [2.75, 3.05) is 6.54 Å². The Balaban J connectivity index is 1.58. The average molecular weight is 293 g/mol. The van der Waals surface area contributed by atoms with Crippen LogP contribution in [0.1, 0.15) is 46.5 Å². The van der Waals surface area contributed by atoms with Crippen molar-refractivity contribution in [3.8, 4) is 0 Å². The first-order valence-electron chi connectivity index (χ1n) is 7.79. The molecule has 2 aliphatic rings. The van der Waals surface area contributed by atoms with Crippen LogP contribution in [-0.2, 0) is 4.74 Å². The van der Waals surface area contributed by atoms with Gasteiger partial charge in [-0.1, -0.05) is 0 Å². The molecule has 0 aromatic rings. The van der Waals surface area contributed by atoms with Crippen LogP contribution in [0, 0.1) is 11.8 Å². The van der Waals surface area contributed by atoms with Crippen LogP contribution >= 0.6 is 0 Å². The van der Waals surface area contributed by atoms with Crippen molar-refractivity contribution in [2.24, 2.45) is 22.6 Å². The molecule has 3 N–H and O–H groups in total. The van der Waals surface area contributed by atoms with E-state index in [2.05, 4.69) is 10.3 Å². The summed E-state index contributed by atoms with van der Waals surface area (Å²) in [5, 5.41) is 2.81. The lowest BCUT2D eigenvalue weighted by atomic mass is 9.80. The number of amides is 1. The van der Waals surface area contributed by atoms with Crippen LogP contribution in [0.2, 0.25) is 0 Å². The normalized spacial score (nSPS) is 26.5. The molecule has 2 saturated carbocycles. The third-order valence-corrected chi connectivity index (χ3v) is 3.76. The minimum atomic E-state index is -0.440. The number of nitrogens with zero attached hydrogens (tertiary/aromatic N) is 1. The summed E-state index contributed by atoms with van der Waals surface area (Å²) in [6.07, 6.45) is 7.91. The molecular weight excluding hydrogens is 266 g/mol. The number of nitrogens with two attached hydrogens (primary N) is 1. The summed E-state index contributed by atoms with van der Waals surface area (Å²) in [6.45, 7) is 6.26. The Labute approximate surface area is 127 Å². The number of alkyl carbamates (subject to hydrolysis) is 1. The van der Waals surface area contributed by atoms with Crippen LogP contribution < -0.4 is 11.1 Å². The van der Waals surface area contributed by atoms with Crippen molar-refractivity contribution in [1.29, 1.82) is 0 Å². The maximum Gasteiger partial charge on any atom is 0.407 e. The summed E-state index contributed by atoms with van der Waals surface area (Å²) in [6, 6.07) is 0.374. The second-order valence-corrected chi connectivity index (χ2v) is 7.11. The SMILES string of the molecule is CC(C)(C)OC(=O)NCC1CC(N=CC=C(N)C2CC2)C1. The molecule has 0 aromatic heterocycles. The number of carbonyl (C=O) groups is 1. The zero-order valence-electron chi connectivity index (χ0n) is 13.3. The zero-order chi connectivity index (χ0) is 15.5. The van der Waals surface area contributed by atoms with E-state index in [1.54, 1.807) is 0 Å². The highest BCUT2D eigenvalue weighted by Gasteiger charge is 2.29. The molecule has 0 aromatic carbocycles. The Bertz CT molecular complexity index is 427. The Morgan fingerprint density at radius 1 is 1.38 bits per heavy atom. The number of carbonyl (C=O) groups excluding carboxylic acids is 1. The Morgan fingerprint density at radius 2 is 2.05 bits per heavy atom. The van der Waals surface area contributed by atoms with E-state index in [-0.39, 0.29) is 6.09 Å². The van der Waals surface area contributed by atoms with Gasteiger partial charge in [-0.25, -0.2) is 4.79 Å². The molecule has 0 saturated heterocycles. The number of rotatable bonds is 5. The Hall–Kier alpha value is -1.52. The van der Waals surface area contributed by atoms with E-state index in [0.29, 0.717) is 24.4 Å². The molecule has 5 heteroatoms. The van der Waals surface area contributed by atoms with Crippen LogP contribution in [0.25, 0.3) is 0 Å². The van der Waals surface area contributed by atoms with Crippen LogP contribution in [0.3, 0.4) is 0 Å². The summed E-state index contributed by atoms with van der Waals surface area (Å²) < 4.78 is 5.20. The van der Waals surface area contributed by atoms with Gasteiger partial charge in [0.05, 0.1) is 6.04 Å². The number of hydrogen-bond acceptors (Lipinski definition) is 4. The highest BCUT2D eigenvalue weighted by Crippen LogP contribution is 2.33. The largest absolute Gasteiger partial charge is 0.444 e. The van der Waals surface area contributed by atoms with Gasteiger partial charge in [0.25, 0.3) is 0 Å². The van der Waals surface area contributed by atoms with Gasteiger partial charge in [0.2, 0.25) is 0 Å². The minimum Gasteiger partial charge on any atom is -0.444 e. The summed E-state index contributed by atoms with van der Waals surface area (Å²) in [7, 11) is 0. The third kappa shape index (κ3) is 5.78. The molecule has 2 rings (SSSR count). The first kappa shape index (κ1) is 15.9. The molecule has 0 radical (unpaired) electrons. The highest BCUT2D eigenvalue weighted by atomic mass is 16.6. The first-order valence-corrected chi connectivity index (χ1v) is 7.79. The van der Waals surface area contributed by atoms with Crippen molar-refractivity contribution >= 4 is 12.3 Å². The smallest absolute Gasteiger partial charge is 0.407 e. The summed E-state index contributed by atoms with van der Waals surface area (Å²) >= 11 is 0. The molecule has 0 bridgehead atoms. The fourth-order valence-electron chi connectivity index (χ4n) is 2.33. The molecule has 0 heterocycles. The zero-order valence-corrected chi connectivity index (χ0v) is 13.3. The molecule has 2 fully saturated rings. The molecule has 0 spiro atoms. The van der Waals surface area contributed by atoms with Gasteiger partial charge in [0, 0.05) is 18.5 Å². The quantitative estimate of drug-likeness (QED) is 0.765. The maximum absolute atomic E-state index is 11.5. The number of nitrogens with one attached hydrogen (secondary N) is 1. The standard InChI is InChI=1S/C16H27N3O2/c1-16(2,3)21-15(20)19-10-11-8-13(9-11)18-7-6-14(17)12-4-5-12/h6-7,11-13H,4-5,8-10,17H2,1-3H3,(H,19,20). The van der Waals surface area contributed by atoms with E-state index in [0.717, 1.165) is 18.5 Å². The third-order valence-electron chi connectivity index (χ3n) is 3.76. The van der Waals surface area contributed by atoms with Crippen LogP contribution in [0.15, 0.2) is 16.8 Å². The van der Waals surface area contributed by atoms with E-state index >= 15 is 0 Å². The average Bonchev–Trinajstić information content (AvgIpc) is 3.11. The van der Waals surface area contributed by atoms with E-state index in [1.165, 1.54) is 12.8 Å². The number of aliphatic imine (C=N–C) groups is 1. The fourth-order valence-corrected chi connectivity index (χ4v) is 2.33. The lowest BCUT2D eigenvalue weighted by molar-refractivity contribution is 0.0507. The van der Waals surface area contributed by atoms with Gasteiger partial charge in [0.1, 0.15) is 5.60 Å². The molecule has 0 atom stereocenters. The minimum absolute atomic E-state index is 0.338. The van der Waals surface area contributed by atoms with E-state index < -0.39 is 5.60 Å². The first-order chi connectivity index (χ1) is 9.83. The monoisotopic (exact) mass is 293 g/mol. The van der Waals surface area contributed by atoms with Crippen molar-refractivity contribution < 1.29 is 9.53 Å². The molecule has 2 aliphatic carbocycles. The molecule has 118 valence electrons. The van der Waals surface area contributed by atoms with Gasteiger partial charge in [-0.2, -0.15) is 0 Å². The Morgan fingerprint density at radius 3 is 2.62 bits per heavy atom. The van der Waals surface area contributed by atoms with Crippen LogP contribution in [0.4, 0.5) is 4.79 Å². The molecule has 0 unspecified atom stereocenters. The summed E-state index contributed by atoms with van der Waals surface area (Å²) in [5.41, 5.74) is 6.41. The lowest BCUT2D eigenvalue weighted by Crippen LogP contribution is -2.40. The fraction of sp³-hybridized carbons (Fsp3) is 0.750. The van der Waals surface area contributed by atoms with E-state index in [9.17, 15) is 4.79 Å². The highest BCUT2D eigenvalue weighted by molar-refractivity contribution is 5.72. The second kappa shape index (κ2) is 6.50. The predicted octanol–water partition coefficient (Wildman–Crippen LogP) is 2.61. The van der Waals surface area contributed by atoms with E-state index in [1.807, 2.05) is 33.1 Å². The predicted molar refractivity (Wildman–Crippen MR) is 84.2 cm³/mol. The van der Waals surface area contributed by atoms with Crippen molar-refractivity contribution in [3.05, 3.63) is 11.8 Å². The molecule has 5 nitrogen and oxygen atoms in total. The Kier molecular flexibility index (Phi) is 4.91. The second-order valence-electron chi connectivity index (χ2n) is 7.11. The van der Waals surface area contributed by atoms with Crippen LogP contribution in [-0.4, -0.2) is 30.5 Å². The van der Waals surface area contributed by atoms with Gasteiger partial charge in [0.15, 0.2) is 0 Å². The van der Waals surface area contributed by atoms with Crippen molar-refractivity contribution in [3.63, 3.8) is 0 Å².